The molecule has 0 saturated heterocycles. The molecule has 0 saturated carbocycles. The second kappa shape index (κ2) is 7.88. The Morgan fingerprint density at radius 2 is 2.05 bits per heavy atom. The third-order valence-electron chi connectivity index (χ3n) is 3.52. The quantitative estimate of drug-likeness (QED) is 0.590. The molecule has 1 aromatic rings. The van der Waals surface area contributed by atoms with Gasteiger partial charge in [0, 0.05) is 32.3 Å². The number of rotatable bonds is 8. The molecule has 0 spiro atoms. The van der Waals surface area contributed by atoms with Crippen molar-refractivity contribution in [1.82, 2.24) is 0 Å². The summed E-state index contributed by atoms with van der Waals surface area (Å²) < 4.78 is 11.1. The van der Waals surface area contributed by atoms with Crippen LogP contribution in [0.4, 0.5) is 17.1 Å². The molecule has 0 aromatic heterocycles. The first-order chi connectivity index (χ1) is 9.94. The number of benzene rings is 1. The fourth-order valence-electron chi connectivity index (χ4n) is 2.02. The Balaban J connectivity index is 3.15. The van der Waals surface area contributed by atoms with Gasteiger partial charge in [0.25, 0.3) is 0 Å². The smallest absolute Gasteiger partial charge is 0.124 e. The highest BCUT2D eigenvalue weighted by Gasteiger charge is 2.16. The summed E-state index contributed by atoms with van der Waals surface area (Å²) in [6.07, 6.45) is 0.874. The molecule has 21 heavy (non-hydrogen) atoms. The predicted octanol–water partition coefficient (Wildman–Crippen LogP) is 3.25. The van der Waals surface area contributed by atoms with Crippen LogP contribution in [0.1, 0.15) is 27.2 Å². The van der Waals surface area contributed by atoms with Crippen molar-refractivity contribution >= 4 is 23.8 Å². The number of hydrogen-bond acceptors (Lipinski definition) is 5. The number of aliphatic imine (C=N–C) groups is 1. The van der Waals surface area contributed by atoms with Gasteiger partial charge in [-0.05, 0) is 27.0 Å². The van der Waals surface area contributed by atoms with Crippen LogP contribution < -0.4 is 15.4 Å². The van der Waals surface area contributed by atoms with E-state index in [0.29, 0.717) is 24.0 Å². The number of methoxy groups -OCH3 is 1. The van der Waals surface area contributed by atoms with Crippen LogP contribution in [0.25, 0.3) is 0 Å². The molecule has 0 aliphatic rings. The second-order valence-electron chi connectivity index (χ2n) is 5.35. The average molecular weight is 293 g/mol. The van der Waals surface area contributed by atoms with Crippen LogP contribution >= 0.6 is 0 Å². The van der Waals surface area contributed by atoms with E-state index in [2.05, 4.69) is 37.4 Å². The molecule has 0 fully saturated rings. The van der Waals surface area contributed by atoms with E-state index in [1.165, 1.54) is 0 Å². The first-order valence-corrected chi connectivity index (χ1v) is 7.23. The summed E-state index contributed by atoms with van der Waals surface area (Å²) in [5, 5.41) is 0. The first-order valence-electron chi connectivity index (χ1n) is 7.23. The van der Waals surface area contributed by atoms with Crippen molar-refractivity contribution in [2.45, 2.75) is 39.3 Å². The molecule has 1 unspecified atom stereocenters. The molecule has 0 radical (unpaired) electrons. The zero-order valence-corrected chi connectivity index (χ0v) is 13.7. The van der Waals surface area contributed by atoms with E-state index in [0.717, 1.165) is 17.9 Å². The van der Waals surface area contributed by atoms with Gasteiger partial charge in [-0.3, -0.25) is 4.99 Å². The zero-order valence-electron chi connectivity index (χ0n) is 13.7. The molecule has 0 heterocycles. The lowest BCUT2D eigenvalue weighted by Gasteiger charge is -2.27. The standard InChI is InChI=1S/C16H27N3O2/c1-7-12(10-20-6)21-13-8-14(17)16(18-4)15(9-13)19(5)11(2)3/h8-9,11-12H,4,7,10,17H2,1-3,5-6H3. The van der Waals surface area contributed by atoms with Crippen LogP contribution in [0.5, 0.6) is 5.75 Å². The molecule has 5 nitrogen and oxygen atoms in total. The van der Waals surface area contributed by atoms with Crippen molar-refractivity contribution in [2.75, 3.05) is 31.4 Å². The van der Waals surface area contributed by atoms with Crippen molar-refractivity contribution in [3.63, 3.8) is 0 Å². The third-order valence-corrected chi connectivity index (χ3v) is 3.52. The van der Waals surface area contributed by atoms with E-state index < -0.39 is 0 Å². The first kappa shape index (κ1) is 17.3. The van der Waals surface area contributed by atoms with Crippen molar-refractivity contribution < 1.29 is 9.47 Å². The molecule has 5 heteroatoms. The Labute approximate surface area is 127 Å². The van der Waals surface area contributed by atoms with E-state index in [9.17, 15) is 0 Å². The topological polar surface area (TPSA) is 60.1 Å². The van der Waals surface area contributed by atoms with Gasteiger partial charge in [0.2, 0.25) is 0 Å². The fourth-order valence-corrected chi connectivity index (χ4v) is 2.02. The summed E-state index contributed by atoms with van der Waals surface area (Å²) >= 11 is 0. The molecule has 0 bridgehead atoms. The molecule has 0 amide bonds. The minimum Gasteiger partial charge on any atom is -0.488 e. The van der Waals surface area contributed by atoms with Gasteiger partial charge in [0.15, 0.2) is 0 Å². The van der Waals surface area contributed by atoms with Crippen LogP contribution in [0, 0.1) is 0 Å². The van der Waals surface area contributed by atoms with Gasteiger partial charge in [-0.15, -0.1) is 0 Å². The van der Waals surface area contributed by atoms with Crippen LogP contribution in [0.3, 0.4) is 0 Å². The molecule has 0 aliphatic heterocycles. The van der Waals surface area contributed by atoms with E-state index in [4.69, 9.17) is 15.2 Å². The van der Waals surface area contributed by atoms with Crippen LogP contribution in [-0.4, -0.2) is 39.6 Å². The number of ether oxygens (including phenoxy) is 2. The molecule has 1 aromatic carbocycles. The summed E-state index contributed by atoms with van der Waals surface area (Å²) in [7, 11) is 3.67. The zero-order chi connectivity index (χ0) is 16.0. The maximum Gasteiger partial charge on any atom is 0.124 e. The number of nitrogens with zero attached hydrogens (tertiary/aromatic N) is 2. The molecule has 1 rings (SSSR count). The summed E-state index contributed by atoms with van der Waals surface area (Å²) in [6.45, 7) is 10.4. The predicted molar refractivity (Wildman–Crippen MR) is 90.2 cm³/mol. The maximum atomic E-state index is 6.09. The number of nitrogens with two attached hydrogens (primary N) is 1. The second-order valence-corrected chi connectivity index (χ2v) is 5.35. The van der Waals surface area contributed by atoms with E-state index in [-0.39, 0.29) is 6.10 Å². The van der Waals surface area contributed by atoms with Crippen molar-refractivity contribution in [3.8, 4) is 5.75 Å². The van der Waals surface area contributed by atoms with Gasteiger partial charge in [0.05, 0.1) is 18.0 Å². The lowest BCUT2D eigenvalue weighted by atomic mass is 10.1. The van der Waals surface area contributed by atoms with Gasteiger partial charge in [-0.1, -0.05) is 6.92 Å². The minimum atomic E-state index is 0.00847. The van der Waals surface area contributed by atoms with Gasteiger partial charge in [0.1, 0.15) is 17.5 Å². The fraction of sp³-hybridized carbons (Fsp3) is 0.562. The van der Waals surface area contributed by atoms with Crippen molar-refractivity contribution in [2.24, 2.45) is 4.99 Å². The summed E-state index contributed by atoms with van der Waals surface area (Å²) in [6, 6.07) is 4.07. The molecule has 1 atom stereocenters. The molecular weight excluding hydrogens is 266 g/mol. The summed E-state index contributed by atoms with van der Waals surface area (Å²) in [5.41, 5.74) is 8.27. The van der Waals surface area contributed by atoms with Crippen molar-refractivity contribution in [1.29, 1.82) is 0 Å². The van der Waals surface area contributed by atoms with Crippen LogP contribution in [0.15, 0.2) is 17.1 Å². The number of nitrogen functional groups attached to an aromatic ring is 1. The van der Waals surface area contributed by atoms with E-state index in [1.54, 1.807) is 13.2 Å². The summed E-state index contributed by atoms with van der Waals surface area (Å²) in [5.74, 6) is 0.728. The Hall–Kier alpha value is -1.75. The van der Waals surface area contributed by atoms with Gasteiger partial charge < -0.3 is 20.1 Å². The lowest BCUT2D eigenvalue weighted by Crippen LogP contribution is -2.26. The molecular formula is C16H27N3O2. The average Bonchev–Trinajstić information content (AvgIpc) is 2.45. The maximum absolute atomic E-state index is 6.09. The van der Waals surface area contributed by atoms with E-state index >= 15 is 0 Å². The highest BCUT2D eigenvalue weighted by Crippen LogP contribution is 2.38. The molecule has 2 N–H and O–H groups in total. The van der Waals surface area contributed by atoms with Gasteiger partial charge in [-0.25, -0.2) is 0 Å². The normalized spacial score (nSPS) is 12.3. The largest absolute Gasteiger partial charge is 0.488 e. The Kier molecular flexibility index (Phi) is 6.49. The van der Waals surface area contributed by atoms with Crippen molar-refractivity contribution in [3.05, 3.63) is 12.1 Å². The highest BCUT2D eigenvalue weighted by atomic mass is 16.5. The SMILES string of the molecule is C=Nc1c(N)cc(OC(CC)COC)cc1N(C)C(C)C. The van der Waals surface area contributed by atoms with Gasteiger partial charge in [-0.2, -0.15) is 0 Å². The lowest BCUT2D eigenvalue weighted by molar-refractivity contribution is 0.0788. The van der Waals surface area contributed by atoms with E-state index in [1.807, 2.05) is 13.1 Å². The molecule has 0 aliphatic carbocycles. The van der Waals surface area contributed by atoms with Crippen LogP contribution in [0.2, 0.25) is 0 Å². The van der Waals surface area contributed by atoms with Crippen LogP contribution in [-0.2, 0) is 4.74 Å². The monoisotopic (exact) mass is 293 g/mol. The number of hydrogen-bond donors (Lipinski definition) is 1. The third kappa shape index (κ3) is 4.36. The highest BCUT2D eigenvalue weighted by molar-refractivity contribution is 5.82. The Bertz CT molecular complexity index is 475. The summed E-state index contributed by atoms with van der Waals surface area (Å²) in [4.78, 5) is 6.16. The Morgan fingerprint density at radius 1 is 1.38 bits per heavy atom. The van der Waals surface area contributed by atoms with Gasteiger partial charge >= 0.3 is 0 Å². The molecule has 118 valence electrons. The number of anilines is 2. The minimum absolute atomic E-state index is 0.00847. The Morgan fingerprint density at radius 3 is 2.52 bits per heavy atom.